The largest absolute Gasteiger partial charge is 0.345 e. The SMILES string of the molecule is C=C(C)C1=C(C(=C)N(C)c2cc(C)c(C)c(Cl)c2)CCC1. The molecule has 0 radical (unpaired) electrons. The molecule has 0 bridgehead atoms. The summed E-state index contributed by atoms with van der Waals surface area (Å²) in [4.78, 5) is 2.14. The molecule has 0 aliphatic heterocycles. The van der Waals surface area contributed by atoms with E-state index in [-0.39, 0.29) is 0 Å². The number of anilines is 1. The molecule has 0 saturated carbocycles. The van der Waals surface area contributed by atoms with E-state index in [0.717, 1.165) is 40.4 Å². The van der Waals surface area contributed by atoms with Crippen molar-refractivity contribution >= 4 is 17.3 Å². The second-order valence-corrected chi connectivity index (χ2v) is 6.37. The summed E-state index contributed by atoms with van der Waals surface area (Å²) in [5.41, 5.74) is 8.38. The van der Waals surface area contributed by atoms with Gasteiger partial charge in [-0.3, -0.25) is 0 Å². The minimum Gasteiger partial charge on any atom is -0.345 e. The monoisotopic (exact) mass is 301 g/mol. The van der Waals surface area contributed by atoms with E-state index in [4.69, 9.17) is 11.6 Å². The van der Waals surface area contributed by atoms with Gasteiger partial charge in [0.2, 0.25) is 0 Å². The molecule has 0 N–H and O–H groups in total. The first-order chi connectivity index (χ1) is 9.82. The van der Waals surface area contributed by atoms with Crippen molar-refractivity contribution in [3.63, 3.8) is 0 Å². The normalized spacial score (nSPS) is 14.5. The standard InChI is InChI=1S/C19H24ClN/c1-12(2)17-8-7-9-18(17)15(5)21(6)16-10-13(3)14(4)19(20)11-16/h10-11H,1,5,7-9H2,2-4,6H3. The van der Waals surface area contributed by atoms with Crippen LogP contribution < -0.4 is 4.90 Å². The van der Waals surface area contributed by atoms with Crippen LogP contribution >= 0.6 is 11.6 Å². The number of likely N-dealkylation sites (N-methyl/N-ethyl adjacent to an activating group) is 1. The minimum atomic E-state index is 0.810. The van der Waals surface area contributed by atoms with Crippen molar-refractivity contribution in [1.29, 1.82) is 0 Å². The number of halogens is 1. The third-order valence-electron chi connectivity index (χ3n) is 4.46. The summed E-state index contributed by atoms with van der Waals surface area (Å²) in [7, 11) is 2.06. The first kappa shape index (κ1) is 15.9. The van der Waals surface area contributed by atoms with Crippen molar-refractivity contribution in [2.24, 2.45) is 0 Å². The molecular weight excluding hydrogens is 278 g/mol. The van der Waals surface area contributed by atoms with Gasteiger partial charge in [-0.2, -0.15) is 0 Å². The maximum absolute atomic E-state index is 6.32. The van der Waals surface area contributed by atoms with Gasteiger partial charge in [0.05, 0.1) is 0 Å². The van der Waals surface area contributed by atoms with Gasteiger partial charge in [0.25, 0.3) is 0 Å². The Kier molecular flexibility index (Phi) is 4.63. The number of hydrogen-bond acceptors (Lipinski definition) is 1. The Morgan fingerprint density at radius 1 is 1.14 bits per heavy atom. The molecule has 1 aromatic carbocycles. The van der Waals surface area contributed by atoms with E-state index in [2.05, 4.69) is 51.9 Å². The van der Waals surface area contributed by atoms with Crippen molar-refractivity contribution in [2.45, 2.75) is 40.0 Å². The van der Waals surface area contributed by atoms with Crippen molar-refractivity contribution in [2.75, 3.05) is 11.9 Å². The van der Waals surface area contributed by atoms with Crippen LogP contribution in [0.1, 0.15) is 37.3 Å². The second-order valence-electron chi connectivity index (χ2n) is 5.97. The van der Waals surface area contributed by atoms with Crippen LogP contribution in [0, 0.1) is 13.8 Å². The molecular formula is C19H24ClN. The van der Waals surface area contributed by atoms with Gasteiger partial charge in [-0.05, 0) is 74.4 Å². The van der Waals surface area contributed by atoms with Crippen LogP contribution in [-0.2, 0) is 0 Å². The van der Waals surface area contributed by atoms with Crippen LogP contribution in [-0.4, -0.2) is 7.05 Å². The zero-order chi connectivity index (χ0) is 15.7. The lowest BCUT2D eigenvalue weighted by atomic mass is 10.0. The van der Waals surface area contributed by atoms with Crippen molar-refractivity contribution in [3.8, 4) is 0 Å². The van der Waals surface area contributed by atoms with Gasteiger partial charge in [0.1, 0.15) is 0 Å². The van der Waals surface area contributed by atoms with Crippen molar-refractivity contribution < 1.29 is 0 Å². The summed E-state index contributed by atoms with van der Waals surface area (Å²) in [5, 5.41) is 0.810. The Hall–Kier alpha value is -1.47. The Bertz CT molecular complexity index is 614. The van der Waals surface area contributed by atoms with Gasteiger partial charge in [0, 0.05) is 23.5 Å². The minimum absolute atomic E-state index is 0.810. The summed E-state index contributed by atoms with van der Waals surface area (Å²) in [5.74, 6) is 0. The van der Waals surface area contributed by atoms with Gasteiger partial charge in [0.15, 0.2) is 0 Å². The Labute approximate surface area is 133 Å². The number of allylic oxidation sites excluding steroid dienone is 3. The Morgan fingerprint density at radius 3 is 2.33 bits per heavy atom. The fourth-order valence-electron chi connectivity index (χ4n) is 2.88. The first-order valence-electron chi connectivity index (χ1n) is 7.40. The van der Waals surface area contributed by atoms with Gasteiger partial charge in [-0.25, -0.2) is 0 Å². The fourth-order valence-corrected chi connectivity index (χ4v) is 3.14. The lowest BCUT2D eigenvalue weighted by Gasteiger charge is -2.25. The lowest BCUT2D eigenvalue weighted by molar-refractivity contribution is 0.892. The highest BCUT2D eigenvalue weighted by atomic mass is 35.5. The zero-order valence-corrected chi connectivity index (χ0v) is 14.3. The van der Waals surface area contributed by atoms with E-state index < -0.39 is 0 Å². The molecule has 0 amide bonds. The molecule has 0 unspecified atom stereocenters. The Balaban J connectivity index is 2.36. The molecule has 2 rings (SSSR count). The molecule has 0 aromatic heterocycles. The first-order valence-corrected chi connectivity index (χ1v) is 7.78. The topological polar surface area (TPSA) is 3.24 Å². The molecule has 1 aliphatic carbocycles. The van der Waals surface area contributed by atoms with E-state index in [1.54, 1.807) is 0 Å². The maximum atomic E-state index is 6.32. The molecule has 0 fully saturated rings. The van der Waals surface area contributed by atoms with E-state index >= 15 is 0 Å². The summed E-state index contributed by atoms with van der Waals surface area (Å²) in [6.07, 6.45) is 3.40. The van der Waals surface area contributed by atoms with Crippen LogP contribution in [0.4, 0.5) is 5.69 Å². The van der Waals surface area contributed by atoms with Crippen molar-refractivity contribution in [3.05, 3.63) is 63.9 Å². The summed E-state index contributed by atoms with van der Waals surface area (Å²) >= 11 is 6.32. The van der Waals surface area contributed by atoms with Gasteiger partial charge in [-0.1, -0.05) is 30.3 Å². The third-order valence-corrected chi connectivity index (χ3v) is 4.85. The highest BCUT2D eigenvalue weighted by Crippen LogP contribution is 2.37. The number of rotatable bonds is 4. The number of aryl methyl sites for hydroxylation is 1. The van der Waals surface area contributed by atoms with Crippen LogP contribution in [0.25, 0.3) is 0 Å². The number of benzene rings is 1. The van der Waals surface area contributed by atoms with Gasteiger partial charge in [-0.15, -0.1) is 0 Å². The average molecular weight is 302 g/mol. The van der Waals surface area contributed by atoms with Crippen LogP contribution in [0.2, 0.25) is 5.02 Å². The second kappa shape index (κ2) is 6.11. The smallest absolute Gasteiger partial charge is 0.0458 e. The molecule has 0 atom stereocenters. The summed E-state index contributed by atoms with van der Waals surface area (Å²) < 4.78 is 0. The average Bonchev–Trinajstić information content (AvgIpc) is 2.92. The van der Waals surface area contributed by atoms with E-state index in [1.807, 2.05) is 6.07 Å². The van der Waals surface area contributed by atoms with E-state index in [9.17, 15) is 0 Å². The molecule has 2 heteroatoms. The molecule has 0 spiro atoms. The number of nitrogens with zero attached hydrogens (tertiary/aromatic N) is 1. The van der Waals surface area contributed by atoms with E-state index in [0.29, 0.717) is 0 Å². The molecule has 1 aromatic rings. The van der Waals surface area contributed by atoms with Crippen LogP contribution in [0.15, 0.2) is 47.7 Å². The molecule has 21 heavy (non-hydrogen) atoms. The fraction of sp³-hybridized carbons (Fsp3) is 0.368. The van der Waals surface area contributed by atoms with Gasteiger partial charge >= 0.3 is 0 Å². The lowest BCUT2D eigenvalue weighted by Crippen LogP contribution is -2.17. The predicted octanol–water partition coefficient (Wildman–Crippen LogP) is 5.96. The summed E-state index contributed by atoms with van der Waals surface area (Å²) in [6, 6.07) is 4.19. The molecule has 112 valence electrons. The predicted molar refractivity (Wildman–Crippen MR) is 94.2 cm³/mol. The van der Waals surface area contributed by atoms with Crippen LogP contribution in [0.5, 0.6) is 0 Å². The number of hydrogen-bond donors (Lipinski definition) is 0. The maximum Gasteiger partial charge on any atom is 0.0458 e. The highest BCUT2D eigenvalue weighted by Gasteiger charge is 2.20. The molecule has 0 saturated heterocycles. The molecule has 1 nitrogen and oxygen atoms in total. The highest BCUT2D eigenvalue weighted by molar-refractivity contribution is 6.31. The molecule has 0 heterocycles. The van der Waals surface area contributed by atoms with Gasteiger partial charge < -0.3 is 4.90 Å². The quantitative estimate of drug-likeness (QED) is 0.663. The van der Waals surface area contributed by atoms with Crippen molar-refractivity contribution in [1.82, 2.24) is 0 Å². The Morgan fingerprint density at radius 2 is 1.76 bits per heavy atom. The van der Waals surface area contributed by atoms with Crippen LogP contribution in [0.3, 0.4) is 0 Å². The zero-order valence-electron chi connectivity index (χ0n) is 13.5. The molecule has 1 aliphatic rings. The summed E-state index contributed by atoms with van der Waals surface area (Å²) in [6.45, 7) is 14.6. The van der Waals surface area contributed by atoms with E-state index in [1.165, 1.54) is 23.1 Å². The third kappa shape index (κ3) is 3.08.